The van der Waals surface area contributed by atoms with E-state index in [9.17, 15) is 0 Å². The molecule has 0 aliphatic carbocycles. The zero-order valence-electron chi connectivity index (χ0n) is 18.2. The highest BCUT2D eigenvalue weighted by Crippen LogP contribution is 2.28. The first-order valence-corrected chi connectivity index (χ1v) is 10.5. The van der Waals surface area contributed by atoms with Gasteiger partial charge in [-0.05, 0) is 63.2 Å². The van der Waals surface area contributed by atoms with Crippen LogP contribution in [-0.4, -0.2) is 37.8 Å². The molecule has 0 amide bonds. The van der Waals surface area contributed by atoms with Crippen LogP contribution in [0.3, 0.4) is 0 Å². The van der Waals surface area contributed by atoms with Gasteiger partial charge in [-0.1, -0.05) is 0 Å². The van der Waals surface area contributed by atoms with Gasteiger partial charge < -0.3 is 14.2 Å². The molecule has 30 heavy (non-hydrogen) atoms. The van der Waals surface area contributed by atoms with E-state index in [1.165, 1.54) is 0 Å². The second kappa shape index (κ2) is 9.63. The molecule has 0 fully saturated rings. The normalized spacial score (nSPS) is 12.4. The molecule has 0 spiro atoms. The number of rotatable bonds is 7. The average molecular weight is 426 g/mol. The predicted octanol–water partition coefficient (Wildman–Crippen LogP) is 4.82. The van der Waals surface area contributed by atoms with Gasteiger partial charge in [0.1, 0.15) is 5.75 Å². The highest BCUT2D eigenvalue weighted by Gasteiger charge is 2.11. The number of ether oxygens (including phenoxy) is 3. The Morgan fingerprint density at radius 1 is 0.933 bits per heavy atom. The highest BCUT2D eigenvalue weighted by molar-refractivity contribution is 7.07. The minimum Gasteiger partial charge on any atom is -0.497 e. The van der Waals surface area contributed by atoms with Gasteiger partial charge in [0.2, 0.25) is 4.80 Å². The Bertz CT molecular complexity index is 1100. The number of methoxy groups -OCH3 is 3. The average Bonchev–Trinajstić information content (AvgIpc) is 3.14. The van der Waals surface area contributed by atoms with Gasteiger partial charge in [0.15, 0.2) is 11.5 Å². The fraction of sp³-hybridized carbons (Fsp3) is 0.304. The fourth-order valence-corrected chi connectivity index (χ4v) is 3.90. The third-order valence-electron chi connectivity index (χ3n) is 4.49. The summed E-state index contributed by atoms with van der Waals surface area (Å²) < 4.78 is 18.0. The zero-order valence-corrected chi connectivity index (χ0v) is 19.0. The van der Waals surface area contributed by atoms with E-state index >= 15 is 0 Å². The van der Waals surface area contributed by atoms with Crippen molar-refractivity contribution in [3.05, 3.63) is 58.2 Å². The molecule has 2 aromatic carbocycles. The number of aromatic nitrogens is 1. The molecule has 3 aromatic rings. The molecule has 158 valence electrons. The number of nitrogens with zero attached hydrogens (tertiary/aromatic N) is 3. The maximum absolute atomic E-state index is 5.44. The molecule has 1 heterocycles. The molecule has 7 heteroatoms. The van der Waals surface area contributed by atoms with Crippen molar-refractivity contribution in [2.24, 2.45) is 10.1 Å². The van der Waals surface area contributed by atoms with Crippen molar-refractivity contribution < 1.29 is 14.2 Å². The van der Waals surface area contributed by atoms with Crippen LogP contribution in [0.25, 0.3) is 11.3 Å². The van der Waals surface area contributed by atoms with Gasteiger partial charge in [0.25, 0.3) is 0 Å². The summed E-state index contributed by atoms with van der Waals surface area (Å²) in [6, 6.07) is 13.9. The van der Waals surface area contributed by atoms with Crippen LogP contribution in [0.1, 0.15) is 26.3 Å². The third-order valence-corrected chi connectivity index (χ3v) is 5.32. The molecular weight excluding hydrogens is 398 g/mol. The van der Waals surface area contributed by atoms with E-state index < -0.39 is 0 Å². The van der Waals surface area contributed by atoms with E-state index in [0.29, 0.717) is 11.5 Å². The molecule has 0 N–H and O–H groups in total. The van der Waals surface area contributed by atoms with Crippen molar-refractivity contribution in [2.45, 2.75) is 26.8 Å². The smallest absolute Gasteiger partial charge is 0.206 e. The Balaban J connectivity index is 2.12. The molecule has 0 unspecified atom stereocenters. The largest absolute Gasteiger partial charge is 0.497 e. The summed E-state index contributed by atoms with van der Waals surface area (Å²) in [5, 5.41) is 6.99. The molecule has 0 bridgehead atoms. The molecule has 0 aliphatic rings. The zero-order chi connectivity index (χ0) is 21.7. The van der Waals surface area contributed by atoms with Crippen LogP contribution < -0.4 is 19.0 Å². The van der Waals surface area contributed by atoms with Crippen molar-refractivity contribution in [1.29, 1.82) is 0 Å². The summed E-state index contributed by atoms with van der Waals surface area (Å²) in [4.78, 5) is 5.60. The number of hydrogen-bond donors (Lipinski definition) is 0. The monoisotopic (exact) mass is 425 g/mol. The van der Waals surface area contributed by atoms with Crippen LogP contribution in [0.5, 0.6) is 17.2 Å². The van der Waals surface area contributed by atoms with Crippen LogP contribution >= 0.6 is 11.3 Å². The number of thiazole rings is 1. The van der Waals surface area contributed by atoms with Crippen molar-refractivity contribution >= 4 is 17.0 Å². The topological polar surface area (TPSA) is 57.3 Å². The first kappa shape index (κ1) is 21.6. The van der Waals surface area contributed by atoms with Gasteiger partial charge in [-0.3, -0.25) is 4.99 Å². The van der Waals surface area contributed by atoms with Crippen molar-refractivity contribution in [1.82, 2.24) is 4.68 Å². The lowest BCUT2D eigenvalue weighted by Gasteiger charge is -2.10. The van der Waals surface area contributed by atoms with Crippen LogP contribution in [0.4, 0.5) is 0 Å². The highest BCUT2D eigenvalue weighted by atomic mass is 32.1. The lowest BCUT2D eigenvalue weighted by atomic mass is 10.1. The van der Waals surface area contributed by atoms with E-state index in [4.69, 9.17) is 24.3 Å². The lowest BCUT2D eigenvalue weighted by Crippen LogP contribution is -2.16. The maximum atomic E-state index is 5.44. The first-order valence-electron chi connectivity index (χ1n) is 9.63. The Morgan fingerprint density at radius 2 is 1.63 bits per heavy atom. The van der Waals surface area contributed by atoms with Gasteiger partial charge in [0.05, 0.1) is 32.7 Å². The van der Waals surface area contributed by atoms with Gasteiger partial charge in [-0.15, -0.1) is 11.3 Å². The quantitative estimate of drug-likeness (QED) is 0.510. The molecular formula is C23H27N3O3S. The third kappa shape index (κ3) is 4.74. The fourth-order valence-electron chi connectivity index (χ4n) is 2.94. The van der Waals surface area contributed by atoms with Gasteiger partial charge in [-0.25, -0.2) is 4.68 Å². The van der Waals surface area contributed by atoms with Crippen molar-refractivity contribution in [3.8, 4) is 28.5 Å². The molecule has 6 nitrogen and oxygen atoms in total. The van der Waals surface area contributed by atoms with E-state index in [1.807, 2.05) is 54.1 Å². The number of hydrogen-bond acceptors (Lipinski definition) is 6. The summed E-state index contributed by atoms with van der Waals surface area (Å²) in [7, 11) is 4.92. The maximum Gasteiger partial charge on any atom is 0.206 e. The molecule has 0 saturated heterocycles. The Morgan fingerprint density at radius 3 is 2.23 bits per heavy atom. The summed E-state index contributed by atoms with van der Waals surface area (Å²) >= 11 is 1.57. The standard InChI is InChI=1S/C23H27N3O3S/c1-15(2)24-23-26(20(14-30-23)17-7-10-19(27-4)11-8-17)25-16(3)18-9-12-21(28-5)22(13-18)29-6/h7-15H,1-6H3. The van der Waals surface area contributed by atoms with Gasteiger partial charge in [0, 0.05) is 22.5 Å². The molecule has 0 atom stereocenters. The molecule has 1 aromatic heterocycles. The summed E-state index contributed by atoms with van der Waals surface area (Å²) in [6.45, 7) is 6.09. The Labute approximate surface area is 181 Å². The van der Waals surface area contributed by atoms with Crippen LogP contribution in [-0.2, 0) is 0 Å². The second-order valence-electron chi connectivity index (χ2n) is 6.92. The number of benzene rings is 2. The molecule has 0 saturated carbocycles. The molecule has 3 rings (SSSR count). The summed E-state index contributed by atoms with van der Waals surface area (Å²) in [5.74, 6) is 2.17. The lowest BCUT2D eigenvalue weighted by molar-refractivity contribution is 0.355. The van der Waals surface area contributed by atoms with E-state index in [0.717, 1.165) is 33.1 Å². The predicted molar refractivity (Wildman–Crippen MR) is 122 cm³/mol. The Hall–Kier alpha value is -3.06. The first-order chi connectivity index (χ1) is 14.5. The van der Waals surface area contributed by atoms with Crippen LogP contribution in [0, 0.1) is 0 Å². The molecule has 0 aliphatic heterocycles. The summed E-state index contributed by atoms with van der Waals surface area (Å²) in [5.41, 5.74) is 3.81. The van der Waals surface area contributed by atoms with E-state index in [1.54, 1.807) is 32.7 Å². The minimum atomic E-state index is 0.162. The van der Waals surface area contributed by atoms with Crippen molar-refractivity contribution in [2.75, 3.05) is 21.3 Å². The van der Waals surface area contributed by atoms with E-state index in [-0.39, 0.29) is 6.04 Å². The van der Waals surface area contributed by atoms with E-state index in [2.05, 4.69) is 19.2 Å². The minimum absolute atomic E-state index is 0.162. The van der Waals surface area contributed by atoms with Gasteiger partial charge >= 0.3 is 0 Å². The SMILES string of the molecule is COc1ccc(-c2csc(=NC(C)C)n2N=C(C)c2ccc(OC)c(OC)c2)cc1. The Kier molecular flexibility index (Phi) is 6.95. The van der Waals surface area contributed by atoms with Gasteiger partial charge in [-0.2, -0.15) is 5.10 Å². The summed E-state index contributed by atoms with van der Waals surface area (Å²) in [6.07, 6.45) is 0. The van der Waals surface area contributed by atoms with Crippen LogP contribution in [0.2, 0.25) is 0 Å². The van der Waals surface area contributed by atoms with Crippen LogP contribution in [0.15, 0.2) is 57.9 Å². The van der Waals surface area contributed by atoms with Crippen molar-refractivity contribution in [3.63, 3.8) is 0 Å². The molecule has 0 radical (unpaired) electrons. The second-order valence-corrected chi connectivity index (χ2v) is 7.76.